The Hall–Kier alpha value is -2.84. The number of hydrogen-bond donors (Lipinski definition) is 0. The van der Waals surface area contributed by atoms with E-state index in [1.807, 2.05) is 12.1 Å². The van der Waals surface area contributed by atoms with Crippen LogP contribution in [0.2, 0.25) is 0 Å². The van der Waals surface area contributed by atoms with Crippen LogP contribution in [0.4, 0.5) is 0 Å². The molecule has 0 amide bonds. The Morgan fingerprint density at radius 1 is 0.655 bits per heavy atom. The number of para-hydroxylation sites is 1. The van der Waals surface area contributed by atoms with Crippen molar-refractivity contribution in [2.24, 2.45) is 0 Å². The molecule has 0 unspecified atom stereocenters. The molecule has 1 nitrogen and oxygen atoms in total. The first-order chi connectivity index (χ1) is 14.0. The van der Waals surface area contributed by atoms with Crippen LogP contribution in [0, 0.1) is 0 Å². The van der Waals surface area contributed by atoms with Gasteiger partial charge in [0, 0.05) is 20.7 Å². The number of halogens is 1. The molecule has 0 aliphatic heterocycles. The van der Waals surface area contributed by atoms with Crippen molar-refractivity contribution in [1.29, 1.82) is 0 Å². The molecule has 2 heteroatoms. The minimum absolute atomic E-state index is 0.0170. The topological polar surface area (TPSA) is 13.1 Å². The molecular formula is C27H19BrO. The zero-order chi connectivity index (χ0) is 19.8. The van der Waals surface area contributed by atoms with Gasteiger partial charge < -0.3 is 4.42 Å². The smallest absolute Gasteiger partial charge is 0.135 e. The first-order valence-corrected chi connectivity index (χ1v) is 10.7. The number of furan rings is 1. The molecule has 4 aromatic carbocycles. The maximum absolute atomic E-state index is 6.00. The summed E-state index contributed by atoms with van der Waals surface area (Å²) in [5.74, 6) is 0. The van der Waals surface area contributed by atoms with Crippen molar-refractivity contribution in [2.75, 3.05) is 0 Å². The van der Waals surface area contributed by atoms with E-state index >= 15 is 0 Å². The summed E-state index contributed by atoms with van der Waals surface area (Å²) in [6.07, 6.45) is 0. The van der Waals surface area contributed by atoms with E-state index in [4.69, 9.17) is 4.42 Å². The van der Waals surface area contributed by atoms with Gasteiger partial charge in [-0.25, -0.2) is 0 Å². The van der Waals surface area contributed by atoms with Crippen molar-refractivity contribution in [2.45, 2.75) is 19.3 Å². The molecule has 1 aliphatic carbocycles. The van der Waals surface area contributed by atoms with Crippen molar-refractivity contribution < 1.29 is 4.42 Å². The molecule has 0 N–H and O–H groups in total. The summed E-state index contributed by atoms with van der Waals surface area (Å²) in [4.78, 5) is 0. The van der Waals surface area contributed by atoms with Crippen LogP contribution in [0.3, 0.4) is 0 Å². The lowest BCUT2D eigenvalue weighted by Gasteiger charge is -2.22. The second kappa shape index (κ2) is 5.84. The lowest BCUT2D eigenvalue weighted by molar-refractivity contribution is 0.660. The van der Waals surface area contributed by atoms with E-state index in [0.29, 0.717) is 0 Å². The van der Waals surface area contributed by atoms with Gasteiger partial charge in [-0.3, -0.25) is 0 Å². The van der Waals surface area contributed by atoms with Gasteiger partial charge in [-0.05, 0) is 69.8 Å². The fourth-order valence-electron chi connectivity index (χ4n) is 4.79. The predicted octanol–water partition coefficient (Wildman–Crippen LogP) is 8.32. The Morgan fingerprint density at radius 2 is 1.31 bits per heavy atom. The van der Waals surface area contributed by atoms with Crippen molar-refractivity contribution in [3.8, 4) is 22.3 Å². The fourth-order valence-corrected chi connectivity index (χ4v) is 5.16. The fraction of sp³-hybridized carbons (Fsp3) is 0.111. The van der Waals surface area contributed by atoms with E-state index in [1.165, 1.54) is 44.2 Å². The standard InChI is InChI=1S/C27H19BrO/c1-27(2)23-14-17(7-10-19(23)20-11-9-18(28)15-24(20)27)16-8-12-26-22(13-16)21-5-3-4-6-25(21)29-26/h3-15H,1-2H3. The number of fused-ring (bicyclic) bond motifs is 6. The zero-order valence-electron chi connectivity index (χ0n) is 16.3. The van der Waals surface area contributed by atoms with Gasteiger partial charge in [0.25, 0.3) is 0 Å². The van der Waals surface area contributed by atoms with E-state index in [2.05, 4.69) is 96.5 Å². The molecule has 1 aromatic heterocycles. The summed E-state index contributed by atoms with van der Waals surface area (Å²) >= 11 is 3.64. The summed E-state index contributed by atoms with van der Waals surface area (Å²) < 4.78 is 7.13. The predicted molar refractivity (Wildman–Crippen MR) is 124 cm³/mol. The Balaban J connectivity index is 1.54. The number of rotatable bonds is 1. The molecule has 6 rings (SSSR count). The molecule has 0 radical (unpaired) electrons. The van der Waals surface area contributed by atoms with Gasteiger partial charge in [-0.15, -0.1) is 0 Å². The van der Waals surface area contributed by atoms with E-state index in [1.54, 1.807) is 0 Å². The van der Waals surface area contributed by atoms with Gasteiger partial charge in [0.1, 0.15) is 11.2 Å². The first kappa shape index (κ1) is 17.1. The third kappa shape index (κ3) is 2.39. The minimum atomic E-state index is -0.0170. The van der Waals surface area contributed by atoms with Crippen LogP contribution in [0.1, 0.15) is 25.0 Å². The van der Waals surface area contributed by atoms with Crippen molar-refractivity contribution >= 4 is 37.9 Å². The van der Waals surface area contributed by atoms with Crippen molar-refractivity contribution in [3.05, 3.63) is 94.5 Å². The highest BCUT2D eigenvalue weighted by atomic mass is 79.9. The third-order valence-electron chi connectivity index (χ3n) is 6.35. The van der Waals surface area contributed by atoms with Crippen LogP contribution in [-0.2, 0) is 5.41 Å². The Kier molecular flexibility index (Phi) is 3.43. The molecule has 1 aliphatic rings. The van der Waals surface area contributed by atoms with E-state index in [9.17, 15) is 0 Å². The highest BCUT2D eigenvalue weighted by molar-refractivity contribution is 9.10. The number of hydrogen-bond acceptors (Lipinski definition) is 1. The third-order valence-corrected chi connectivity index (χ3v) is 6.84. The Labute approximate surface area is 178 Å². The maximum atomic E-state index is 6.00. The summed E-state index contributed by atoms with van der Waals surface area (Å²) in [6, 6.07) is 28.3. The molecular weight excluding hydrogens is 420 g/mol. The van der Waals surface area contributed by atoms with Crippen molar-refractivity contribution in [1.82, 2.24) is 0 Å². The highest BCUT2D eigenvalue weighted by Gasteiger charge is 2.35. The average Bonchev–Trinajstić information content (AvgIpc) is 3.20. The Bertz CT molecular complexity index is 1440. The van der Waals surface area contributed by atoms with Crippen LogP contribution in [-0.4, -0.2) is 0 Å². The molecule has 0 saturated heterocycles. The molecule has 140 valence electrons. The molecule has 0 fully saturated rings. The number of benzene rings is 4. The lowest BCUT2D eigenvalue weighted by Crippen LogP contribution is -2.15. The quantitative estimate of drug-likeness (QED) is 0.256. The van der Waals surface area contributed by atoms with E-state index in [0.717, 1.165) is 15.6 Å². The largest absolute Gasteiger partial charge is 0.456 e. The molecule has 29 heavy (non-hydrogen) atoms. The zero-order valence-corrected chi connectivity index (χ0v) is 17.9. The lowest BCUT2D eigenvalue weighted by atomic mass is 9.81. The minimum Gasteiger partial charge on any atom is -0.456 e. The van der Waals surface area contributed by atoms with Crippen LogP contribution in [0.5, 0.6) is 0 Å². The molecule has 0 saturated carbocycles. The summed E-state index contributed by atoms with van der Waals surface area (Å²) in [7, 11) is 0. The molecule has 0 bridgehead atoms. The summed E-state index contributed by atoms with van der Waals surface area (Å²) in [6.45, 7) is 4.64. The van der Waals surface area contributed by atoms with Crippen molar-refractivity contribution in [3.63, 3.8) is 0 Å². The molecule has 1 heterocycles. The maximum Gasteiger partial charge on any atom is 0.135 e. The summed E-state index contributed by atoms with van der Waals surface area (Å²) in [5, 5.41) is 2.34. The molecule has 0 spiro atoms. The van der Waals surface area contributed by atoms with Gasteiger partial charge in [-0.1, -0.05) is 72.2 Å². The normalized spacial score (nSPS) is 14.3. The highest BCUT2D eigenvalue weighted by Crippen LogP contribution is 2.50. The molecule has 0 atom stereocenters. The second-order valence-corrected chi connectivity index (χ2v) is 9.30. The van der Waals surface area contributed by atoms with E-state index in [-0.39, 0.29) is 5.41 Å². The van der Waals surface area contributed by atoms with Gasteiger partial charge >= 0.3 is 0 Å². The Morgan fingerprint density at radius 3 is 2.17 bits per heavy atom. The van der Waals surface area contributed by atoms with Gasteiger partial charge in [0.15, 0.2) is 0 Å². The van der Waals surface area contributed by atoms with Crippen LogP contribution < -0.4 is 0 Å². The summed E-state index contributed by atoms with van der Waals surface area (Å²) in [5.41, 5.74) is 9.79. The van der Waals surface area contributed by atoms with Crippen LogP contribution in [0.25, 0.3) is 44.2 Å². The van der Waals surface area contributed by atoms with Gasteiger partial charge in [0.05, 0.1) is 0 Å². The van der Waals surface area contributed by atoms with Crippen LogP contribution >= 0.6 is 15.9 Å². The monoisotopic (exact) mass is 438 g/mol. The van der Waals surface area contributed by atoms with Gasteiger partial charge in [-0.2, -0.15) is 0 Å². The average molecular weight is 439 g/mol. The first-order valence-electron chi connectivity index (χ1n) is 9.89. The molecule has 5 aromatic rings. The SMILES string of the molecule is CC1(C)c2cc(Br)ccc2-c2ccc(-c3ccc4oc5ccccc5c4c3)cc21. The van der Waals surface area contributed by atoms with Crippen LogP contribution in [0.15, 0.2) is 87.8 Å². The van der Waals surface area contributed by atoms with Gasteiger partial charge in [0.2, 0.25) is 0 Å². The second-order valence-electron chi connectivity index (χ2n) is 8.38. The van der Waals surface area contributed by atoms with E-state index < -0.39 is 0 Å².